The third-order valence-corrected chi connectivity index (χ3v) is 4.53. The summed E-state index contributed by atoms with van der Waals surface area (Å²) in [4.78, 5) is 12.4. The molecule has 1 N–H and O–H groups in total. The largest absolute Gasteiger partial charge is 0.485 e. The number of rotatable bonds is 7. The third-order valence-electron chi connectivity index (χ3n) is 4.53. The van der Waals surface area contributed by atoms with Crippen LogP contribution in [0.3, 0.4) is 0 Å². The number of para-hydroxylation sites is 1. The van der Waals surface area contributed by atoms with Gasteiger partial charge < -0.3 is 14.5 Å². The summed E-state index contributed by atoms with van der Waals surface area (Å²) in [7, 11) is 0. The zero-order valence-electron chi connectivity index (χ0n) is 16.3. The number of benzene rings is 2. The Bertz CT molecular complexity index is 1170. The van der Waals surface area contributed by atoms with Crippen molar-refractivity contribution in [1.29, 1.82) is 0 Å². The van der Waals surface area contributed by atoms with Gasteiger partial charge in [-0.05, 0) is 36.8 Å². The maximum absolute atomic E-state index is 13.8. The molecular formula is C23H20FN3O3. The van der Waals surface area contributed by atoms with E-state index in [9.17, 15) is 9.18 Å². The number of halogens is 1. The van der Waals surface area contributed by atoms with E-state index >= 15 is 0 Å². The molecule has 0 spiro atoms. The van der Waals surface area contributed by atoms with Crippen molar-refractivity contribution in [3.8, 4) is 5.75 Å². The van der Waals surface area contributed by atoms with E-state index < -0.39 is 5.91 Å². The van der Waals surface area contributed by atoms with Crippen LogP contribution in [0, 0.1) is 12.7 Å². The number of hydrogen-bond donors (Lipinski definition) is 1. The molecule has 2 heterocycles. The highest BCUT2D eigenvalue weighted by Gasteiger charge is 2.13. The molecule has 0 atom stereocenters. The van der Waals surface area contributed by atoms with Crippen LogP contribution in [0.25, 0.3) is 0 Å². The Labute approximate surface area is 172 Å². The van der Waals surface area contributed by atoms with E-state index in [0.29, 0.717) is 17.0 Å². The fourth-order valence-corrected chi connectivity index (χ4v) is 2.95. The van der Waals surface area contributed by atoms with Crippen molar-refractivity contribution in [2.45, 2.75) is 20.1 Å². The first-order valence-corrected chi connectivity index (χ1v) is 9.43. The van der Waals surface area contributed by atoms with E-state index in [1.165, 1.54) is 12.3 Å². The molecule has 0 fully saturated rings. The number of nitrogens with one attached hydrogen (secondary N) is 1. The van der Waals surface area contributed by atoms with E-state index in [0.717, 1.165) is 11.3 Å². The van der Waals surface area contributed by atoms with Crippen LogP contribution < -0.4 is 10.1 Å². The number of nitrogens with zero attached hydrogens (tertiary/aromatic N) is 2. The van der Waals surface area contributed by atoms with E-state index in [-0.39, 0.29) is 24.7 Å². The van der Waals surface area contributed by atoms with Crippen molar-refractivity contribution < 1.29 is 18.3 Å². The first kappa shape index (κ1) is 19.4. The van der Waals surface area contributed by atoms with Crippen molar-refractivity contribution in [3.63, 3.8) is 0 Å². The summed E-state index contributed by atoms with van der Waals surface area (Å²) >= 11 is 0. The van der Waals surface area contributed by atoms with E-state index in [2.05, 4.69) is 10.4 Å². The van der Waals surface area contributed by atoms with E-state index in [4.69, 9.17) is 9.15 Å². The predicted octanol–water partition coefficient (Wildman–Crippen LogP) is 4.80. The number of aromatic nitrogens is 2. The van der Waals surface area contributed by atoms with Crippen molar-refractivity contribution in [1.82, 2.24) is 9.78 Å². The van der Waals surface area contributed by atoms with Gasteiger partial charge in [-0.25, -0.2) is 4.39 Å². The molecule has 6 nitrogen and oxygen atoms in total. The monoisotopic (exact) mass is 405 g/mol. The van der Waals surface area contributed by atoms with Gasteiger partial charge in [0.05, 0.1) is 18.4 Å². The van der Waals surface area contributed by atoms with Gasteiger partial charge in [-0.2, -0.15) is 5.10 Å². The summed E-state index contributed by atoms with van der Waals surface area (Å²) in [6, 6.07) is 17.5. The molecule has 2 aromatic carbocycles. The number of amides is 1. The highest BCUT2D eigenvalue weighted by atomic mass is 19.1. The van der Waals surface area contributed by atoms with Crippen LogP contribution >= 0.6 is 0 Å². The fourth-order valence-electron chi connectivity index (χ4n) is 2.95. The van der Waals surface area contributed by atoms with Crippen LogP contribution in [-0.4, -0.2) is 15.7 Å². The van der Waals surface area contributed by atoms with Crippen LogP contribution in [0.5, 0.6) is 5.75 Å². The molecule has 4 rings (SSSR count). The van der Waals surface area contributed by atoms with Crippen LogP contribution in [0.4, 0.5) is 10.1 Å². The zero-order valence-corrected chi connectivity index (χ0v) is 16.3. The number of aryl methyl sites for hydroxylation is 1. The minimum atomic E-state index is -0.400. The Balaban J connectivity index is 1.35. The molecule has 0 aliphatic rings. The SMILES string of the molecule is Cc1ccccc1OCc1ccc(C(=O)Nc2cnn(Cc3ccccc3F)c2)o1. The lowest BCUT2D eigenvalue weighted by atomic mass is 10.2. The molecule has 1 amide bonds. The molecule has 0 bridgehead atoms. The van der Waals surface area contributed by atoms with Crippen LogP contribution in [-0.2, 0) is 13.2 Å². The smallest absolute Gasteiger partial charge is 0.291 e. The number of carbonyl (C=O) groups is 1. The van der Waals surface area contributed by atoms with Gasteiger partial charge >= 0.3 is 0 Å². The second kappa shape index (κ2) is 8.65. The zero-order chi connectivity index (χ0) is 20.9. The quantitative estimate of drug-likeness (QED) is 0.479. The lowest BCUT2D eigenvalue weighted by Crippen LogP contribution is -2.10. The van der Waals surface area contributed by atoms with Crippen LogP contribution in [0.2, 0.25) is 0 Å². The Morgan fingerprint density at radius 2 is 1.93 bits per heavy atom. The maximum atomic E-state index is 13.8. The molecule has 7 heteroatoms. The van der Waals surface area contributed by atoms with Gasteiger partial charge in [0, 0.05) is 11.8 Å². The molecule has 0 radical (unpaired) electrons. The maximum Gasteiger partial charge on any atom is 0.291 e. The normalized spacial score (nSPS) is 10.7. The number of hydrogen-bond acceptors (Lipinski definition) is 4. The number of furan rings is 1. The number of carbonyl (C=O) groups excluding carboxylic acids is 1. The second-order valence-electron chi connectivity index (χ2n) is 6.79. The Hall–Kier alpha value is -3.87. The highest BCUT2D eigenvalue weighted by molar-refractivity contribution is 6.02. The van der Waals surface area contributed by atoms with Gasteiger partial charge in [-0.15, -0.1) is 0 Å². The molecule has 30 heavy (non-hydrogen) atoms. The van der Waals surface area contributed by atoms with Crippen molar-refractivity contribution in [2.24, 2.45) is 0 Å². The van der Waals surface area contributed by atoms with Crippen molar-refractivity contribution >= 4 is 11.6 Å². The minimum Gasteiger partial charge on any atom is -0.485 e. The molecule has 0 unspecified atom stereocenters. The average molecular weight is 405 g/mol. The summed E-state index contributed by atoms with van der Waals surface area (Å²) in [5.74, 6) is 0.776. The van der Waals surface area contributed by atoms with Crippen molar-refractivity contribution in [2.75, 3.05) is 5.32 Å². The van der Waals surface area contributed by atoms with Gasteiger partial charge in [0.15, 0.2) is 5.76 Å². The van der Waals surface area contributed by atoms with Gasteiger partial charge in [-0.3, -0.25) is 9.48 Å². The number of anilines is 1. The van der Waals surface area contributed by atoms with E-state index in [1.54, 1.807) is 41.2 Å². The fraction of sp³-hybridized carbons (Fsp3) is 0.130. The standard InChI is InChI=1S/C23H20FN3O3/c1-16-6-2-5-9-21(16)29-15-19-10-11-22(30-19)23(28)26-18-12-25-27(14-18)13-17-7-3-4-8-20(17)24/h2-12,14H,13,15H2,1H3,(H,26,28). The summed E-state index contributed by atoms with van der Waals surface area (Å²) < 4.78 is 26.6. The van der Waals surface area contributed by atoms with Crippen LogP contribution in [0.1, 0.15) is 27.4 Å². The highest BCUT2D eigenvalue weighted by Crippen LogP contribution is 2.19. The lowest BCUT2D eigenvalue weighted by molar-refractivity contribution is 0.0992. The van der Waals surface area contributed by atoms with Gasteiger partial charge in [-0.1, -0.05) is 36.4 Å². The summed E-state index contributed by atoms with van der Waals surface area (Å²) in [5.41, 5.74) is 2.03. The Kier molecular flexibility index (Phi) is 5.61. The Morgan fingerprint density at radius 1 is 1.13 bits per heavy atom. The molecule has 152 valence electrons. The molecular weight excluding hydrogens is 385 g/mol. The summed E-state index contributed by atoms with van der Waals surface area (Å²) in [6.07, 6.45) is 3.14. The molecule has 0 aliphatic carbocycles. The summed E-state index contributed by atoms with van der Waals surface area (Å²) in [6.45, 7) is 2.45. The lowest BCUT2D eigenvalue weighted by Gasteiger charge is -2.06. The average Bonchev–Trinajstić information content (AvgIpc) is 3.39. The van der Waals surface area contributed by atoms with Crippen LogP contribution in [0.15, 0.2) is 77.5 Å². The first-order valence-electron chi connectivity index (χ1n) is 9.43. The van der Waals surface area contributed by atoms with Gasteiger partial charge in [0.25, 0.3) is 5.91 Å². The molecule has 2 aromatic heterocycles. The molecule has 0 saturated carbocycles. The predicted molar refractivity (Wildman–Crippen MR) is 110 cm³/mol. The van der Waals surface area contributed by atoms with Gasteiger partial charge in [0.1, 0.15) is 23.9 Å². The number of ether oxygens (including phenoxy) is 1. The molecule has 4 aromatic rings. The topological polar surface area (TPSA) is 69.3 Å². The van der Waals surface area contributed by atoms with Gasteiger partial charge in [0.2, 0.25) is 0 Å². The Morgan fingerprint density at radius 3 is 2.77 bits per heavy atom. The van der Waals surface area contributed by atoms with E-state index in [1.807, 2.05) is 31.2 Å². The third kappa shape index (κ3) is 4.57. The first-order chi connectivity index (χ1) is 14.6. The second-order valence-corrected chi connectivity index (χ2v) is 6.79. The summed E-state index contributed by atoms with van der Waals surface area (Å²) in [5, 5.41) is 6.89. The molecule has 0 saturated heterocycles. The molecule has 0 aliphatic heterocycles. The van der Waals surface area contributed by atoms with Crippen molar-refractivity contribution in [3.05, 3.63) is 102 Å². The minimum absolute atomic E-state index is 0.167.